The molecular formula is C37H40FN3O6. The third-order valence-electron chi connectivity index (χ3n) is 8.79. The van der Waals surface area contributed by atoms with E-state index in [1.165, 1.54) is 12.1 Å². The third-order valence-corrected chi connectivity index (χ3v) is 8.79. The number of ketones is 1. The predicted octanol–water partition coefficient (Wildman–Crippen LogP) is 5.69. The van der Waals surface area contributed by atoms with Crippen LogP contribution in [0.1, 0.15) is 80.6 Å². The maximum atomic E-state index is 13.9. The first-order chi connectivity index (χ1) is 22.1. The van der Waals surface area contributed by atoms with Crippen LogP contribution in [0.2, 0.25) is 0 Å². The molecule has 1 amide bonds. The Morgan fingerprint density at radius 3 is 2.51 bits per heavy atom. The summed E-state index contributed by atoms with van der Waals surface area (Å²) >= 11 is 0. The highest BCUT2D eigenvalue weighted by atomic mass is 19.1. The van der Waals surface area contributed by atoms with E-state index in [0.717, 1.165) is 23.8 Å². The van der Waals surface area contributed by atoms with Crippen molar-refractivity contribution >= 4 is 22.6 Å². The molecular weight excluding hydrogens is 601 g/mol. The van der Waals surface area contributed by atoms with Crippen LogP contribution in [0.4, 0.5) is 4.39 Å². The van der Waals surface area contributed by atoms with Crippen molar-refractivity contribution in [1.82, 2.24) is 15.3 Å². The van der Waals surface area contributed by atoms with E-state index < -0.39 is 22.4 Å². The second-order valence-electron chi connectivity index (χ2n) is 13.9. The number of rotatable bonds is 11. The summed E-state index contributed by atoms with van der Waals surface area (Å²) in [6.45, 7) is 8.47. The molecule has 0 saturated heterocycles. The van der Waals surface area contributed by atoms with Crippen molar-refractivity contribution in [3.63, 3.8) is 0 Å². The van der Waals surface area contributed by atoms with E-state index in [-0.39, 0.29) is 49.5 Å². The Bertz CT molecular complexity index is 1860. The molecule has 1 aliphatic carbocycles. The standard InChI is InChI=1S/C37H40FN3O6/c1-21-14-24-15-23(16-29(31(24)39-18-21)47-26-10-11-26)28(42)12-13-37(5,45)30-17-27-33(32(41-30)22-6-8-25(38)9-7-22)46-20-36(27,4)34(43)40-19-35(2,3)44/h6-9,14-18,26,44-45H,10-13,19-20H2,1-5H3,(H,40,43)/t36-,37-/m0/s1. The van der Waals surface area contributed by atoms with Crippen molar-refractivity contribution in [1.29, 1.82) is 0 Å². The topological polar surface area (TPSA) is 131 Å². The first-order valence-electron chi connectivity index (χ1n) is 15.9. The van der Waals surface area contributed by atoms with E-state index in [1.807, 2.05) is 19.1 Å². The number of aryl methyl sites for hydroxylation is 1. The molecule has 4 aromatic rings. The van der Waals surface area contributed by atoms with E-state index >= 15 is 0 Å². The van der Waals surface area contributed by atoms with Gasteiger partial charge in [0.05, 0.1) is 17.4 Å². The molecule has 246 valence electrons. The van der Waals surface area contributed by atoms with Gasteiger partial charge < -0.3 is 25.0 Å². The van der Waals surface area contributed by atoms with Crippen LogP contribution in [0.3, 0.4) is 0 Å². The van der Waals surface area contributed by atoms with Gasteiger partial charge in [-0.05, 0) is 108 Å². The highest BCUT2D eigenvalue weighted by Gasteiger charge is 2.46. The molecule has 0 unspecified atom stereocenters. The number of hydrogen-bond acceptors (Lipinski definition) is 8. The van der Waals surface area contributed by atoms with Crippen LogP contribution in [0.25, 0.3) is 22.2 Å². The van der Waals surface area contributed by atoms with Gasteiger partial charge in [-0.25, -0.2) is 9.37 Å². The van der Waals surface area contributed by atoms with Gasteiger partial charge in [-0.15, -0.1) is 0 Å². The van der Waals surface area contributed by atoms with Gasteiger partial charge in [-0.1, -0.05) is 0 Å². The van der Waals surface area contributed by atoms with E-state index in [0.29, 0.717) is 39.4 Å². The van der Waals surface area contributed by atoms with Gasteiger partial charge in [0.25, 0.3) is 0 Å². The van der Waals surface area contributed by atoms with E-state index in [4.69, 9.17) is 14.5 Å². The number of hydrogen-bond donors (Lipinski definition) is 3. The van der Waals surface area contributed by atoms with Crippen LogP contribution >= 0.6 is 0 Å². The van der Waals surface area contributed by atoms with Gasteiger partial charge >= 0.3 is 0 Å². The fourth-order valence-corrected chi connectivity index (χ4v) is 5.71. The second kappa shape index (κ2) is 12.0. The summed E-state index contributed by atoms with van der Waals surface area (Å²) < 4.78 is 26.0. The zero-order valence-corrected chi connectivity index (χ0v) is 27.3. The maximum Gasteiger partial charge on any atom is 0.234 e. The lowest BCUT2D eigenvalue weighted by molar-refractivity contribution is -0.127. The van der Waals surface area contributed by atoms with Crippen LogP contribution in [0.5, 0.6) is 11.5 Å². The highest BCUT2D eigenvalue weighted by Crippen LogP contribution is 2.46. The SMILES string of the molecule is Cc1cnc2c(OC3CC3)cc(C(=O)CC[C@](C)(O)c3cc4c(c(-c5ccc(F)cc5)n3)OC[C@]4(C)C(=O)NCC(C)(C)O)cc2c1. The van der Waals surface area contributed by atoms with Crippen LogP contribution < -0.4 is 14.8 Å². The minimum Gasteiger partial charge on any atom is -0.489 e. The molecule has 6 rings (SSSR count). The number of carbonyl (C=O) groups excluding carboxylic acids is 2. The number of amides is 1. The Labute approximate surface area is 273 Å². The maximum absolute atomic E-state index is 13.9. The van der Waals surface area contributed by atoms with Crippen molar-refractivity contribution in [2.24, 2.45) is 0 Å². The monoisotopic (exact) mass is 641 g/mol. The van der Waals surface area contributed by atoms with Crippen molar-refractivity contribution in [3.8, 4) is 22.8 Å². The predicted molar refractivity (Wildman–Crippen MR) is 175 cm³/mol. The van der Waals surface area contributed by atoms with Crippen LogP contribution in [0, 0.1) is 12.7 Å². The second-order valence-corrected chi connectivity index (χ2v) is 13.9. The Balaban J connectivity index is 1.32. The molecule has 1 fully saturated rings. The molecule has 9 nitrogen and oxygen atoms in total. The van der Waals surface area contributed by atoms with Crippen molar-refractivity contribution in [2.75, 3.05) is 13.2 Å². The lowest BCUT2D eigenvalue weighted by Crippen LogP contribution is -2.48. The first kappa shape index (κ1) is 32.5. The number of nitrogens with zero attached hydrogens (tertiary/aromatic N) is 2. The molecule has 0 bridgehead atoms. The van der Waals surface area contributed by atoms with Crippen LogP contribution in [-0.4, -0.2) is 56.7 Å². The fourth-order valence-electron chi connectivity index (χ4n) is 5.71. The lowest BCUT2D eigenvalue weighted by atomic mass is 9.81. The largest absolute Gasteiger partial charge is 0.489 e. The van der Waals surface area contributed by atoms with Crippen molar-refractivity contribution in [2.45, 2.75) is 83.0 Å². The average molecular weight is 642 g/mol. The van der Waals surface area contributed by atoms with Gasteiger partial charge in [0.2, 0.25) is 5.91 Å². The van der Waals surface area contributed by atoms with Gasteiger partial charge in [0.1, 0.15) is 46.1 Å². The van der Waals surface area contributed by atoms with E-state index in [2.05, 4.69) is 10.3 Å². The van der Waals surface area contributed by atoms with Gasteiger partial charge in [0, 0.05) is 41.2 Å². The normalized spacial score (nSPS) is 18.7. The van der Waals surface area contributed by atoms with Crippen molar-refractivity contribution < 1.29 is 33.7 Å². The summed E-state index contributed by atoms with van der Waals surface area (Å²) in [6.07, 6.45) is 3.87. The molecule has 3 heterocycles. The van der Waals surface area contributed by atoms with Gasteiger partial charge in [0.15, 0.2) is 5.78 Å². The molecule has 1 aliphatic heterocycles. The summed E-state index contributed by atoms with van der Waals surface area (Å²) in [6, 6.07) is 12.9. The van der Waals surface area contributed by atoms with Gasteiger partial charge in [-0.2, -0.15) is 0 Å². The number of pyridine rings is 2. The molecule has 2 aromatic heterocycles. The molecule has 1 saturated carbocycles. The number of halogens is 1. The van der Waals surface area contributed by atoms with E-state index in [1.54, 1.807) is 58.2 Å². The quantitative estimate of drug-likeness (QED) is 0.178. The minimum absolute atomic E-state index is 0.00152. The van der Waals surface area contributed by atoms with Crippen LogP contribution in [0.15, 0.2) is 54.7 Å². The molecule has 2 aromatic carbocycles. The van der Waals surface area contributed by atoms with Crippen LogP contribution in [-0.2, 0) is 15.8 Å². The molecule has 10 heteroatoms. The first-order valence-corrected chi connectivity index (χ1v) is 15.9. The summed E-state index contributed by atoms with van der Waals surface area (Å²) in [5.74, 6) is -0.0221. The Morgan fingerprint density at radius 1 is 1.11 bits per heavy atom. The number of ether oxygens (including phenoxy) is 2. The number of Topliss-reactive ketones (excluding diaryl/α,β-unsaturated/α-hetero) is 1. The lowest BCUT2D eigenvalue weighted by Gasteiger charge is -2.27. The fraction of sp³-hybridized carbons (Fsp3) is 0.405. The smallest absolute Gasteiger partial charge is 0.234 e. The molecule has 2 aliphatic rings. The number of aromatic nitrogens is 2. The Morgan fingerprint density at radius 2 is 1.83 bits per heavy atom. The molecule has 47 heavy (non-hydrogen) atoms. The number of nitrogens with one attached hydrogen (secondary N) is 1. The minimum atomic E-state index is -1.59. The summed E-state index contributed by atoms with van der Waals surface area (Å²) in [5, 5.41) is 25.7. The Kier molecular flexibility index (Phi) is 8.30. The molecule has 0 spiro atoms. The summed E-state index contributed by atoms with van der Waals surface area (Å²) in [7, 11) is 0. The summed E-state index contributed by atoms with van der Waals surface area (Å²) in [5.41, 5.74) is -0.114. The highest BCUT2D eigenvalue weighted by molar-refractivity contribution is 6.01. The molecule has 2 atom stereocenters. The zero-order chi connectivity index (χ0) is 33.7. The van der Waals surface area contributed by atoms with Crippen molar-refractivity contribution in [3.05, 3.63) is 82.9 Å². The number of benzene rings is 2. The average Bonchev–Trinajstić information content (AvgIpc) is 3.77. The molecule has 0 radical (unpaired) electrons. The number of aliphatic hydroxyl groups is 2. The van der Waals surface area contributed by atoms with E-state index in [9.17, 15) is 24.2 Å². The molecule has 3 N–H and O–H groups in total. The Hall–Kier alpha value is -4.41. The third kappa shape index (κ3) is 6.84. The summed E-state index contributed by atoms with van der Waals surface area (Å²) in [4.78, 5) is 36.5. The van der Waals surface area contributed by atoms with Gasteiger partial charge in [-0.3, -0.25) is 14.6 Å². The number of carbonyl (C=O) groups is 2. The number of fused-ring (bicyclic) bond motifs is 2. The zero-order valence-electron chi connectivity index (χ0n) is 27.3.